The van der Waals surface area contributed by atoms with Crippen molar-refractivity contribution in [2.75, 3.05) is 7.05 Å². The smallest absolute Gasteiger partial charge is 0.0164 e. The van der Waals surface area contributed by atoms with E-state index in [1.54, 1.807) is 0 Å². The molecule has 68 valence electrons. The van der Waals surface area contributed by atoms with Gasteiger partial charge in [0.15, 0.2) is 0 Å². The maximum Gasteiger partial charge on any atom is 0.0164 e. The second-order valence-electron chi connectivity index (χ2n) is 2.81. The Morgan fingerprint density at radius 2 is 1.67 bits per heavy atom. The first-order valence-corrected chi connectivity index (χ1v) is 4.07. The molecule has 0 unspecified atom stereocenters. The molecule has 0 aliphatic rings. The minimum absolute atomic E-state index is 1.29. The number of hydrogen-bond acceptors (Lipinski definition) is 2. The second-order valence-corrected chi connectivity index (χ2v) is 2.81. The molecule has 2 N–H and O–H groups in total. The zero-order valence-corrected chi connectivity index (χ0v) is 8.31. The fourth-order valence-electron chi connectivity index (χ4n) is 0.527. The fourth-order valence-corrected chi connectivity index (χ4v) is 0.527. The second kappa shape index (κ2) is 6.53. The van der Waals surface area contributed by atoms with Crippen LogP contribution in [0.4, 0.5) is 0 Å². The Bertz CT molecular complexity index is 196. The lowest BCUT2D eigenvalue weighted by molar-refractivity contribution is 1.06. The molecule has 0 aromatic carbocycles. The number of rotatable bonds is 4. The Morgan fingerprint density at radius 1 is 1.00 bits per heavy atom. The van der Waals surface area contributed by atoms with Crippen LogP contribution >= 0.6 is 0 Å². The highest BCUT2D eigenvalue weighted by molar-refractivity contribution is 5.20. The van der Waals surface area contributed by atoms with Gasteiger partial charge in [0.2, 0.25) is 0 Å². The third-order valence-electron chi connectivity index (χ3n) is 1.56. The molecule has 0 aliphatic carbocycles. The lowest BCUT2D eigenvalue weighted by atomic mass is 10.2. The van der Waals surface area contributed by atoms with Gasteiger partial charge in [-0.2, -0.15) is 0 Å². The summed E-state index contributed by atoms with van der Waals surface area (Å²) in [5.41, 5.74) is 2.63. The fraction of sp³-hybridized carbons (Fsp3) is 0.400. The van der Waals surface area contributed by atoms with Crippen LogP contribution in [-0.2, 0) is 0 Å². The van der Waals surface area contributed by atoms with E-state index in [9.17, 15) is 0 Å². The summed E-state index contributed by atoms with van der Waals surface area (Å²) in [5, 5.41) is 5.90. The Kier molecular flexibility index (Phi) is 5.88. The largest absolute Gasteiger partial charge is 0.393 e. The van der Waals surface area contributed by atoms with Crippen molar-refractivity contribution >= 4 is 0 Å². The molecule has 0 radical (unpaired) electrons. The molecule has 0 atom stereocenters. The predicted molar refractivity (Wildman–Crippen MR) is 54.5 cm³/mol. The van der Waals surface area contributed by atoms with Gasteiger partial charge in [-0.1, -0.05) is 11.1 Å². The highest BCUT2D eigenvalue weighted by Gasteiger charge is 1.82. The molecule has 0 rings (SSSR count). The van der Waals surface area contributed by atoms with Gasteiger partial charge >= 0.3 is 0 Å². The van der Waals surface area contributed by atoms with Crippen LogP contribution in [0.3, 0.4) is 0 Å². The quantitative estimate of drug-likeness (QED) is 0.625. The third-order valence-corrected chi connectivity index (χ3v) is 1.56. The standard InChI is InChI=1S/C10H18N2/c1-9(2)10(3)5-6-12-8-7-11-4/h5-8,11-12H,1-4H3/b6-5-,8-7-. The van der Waals surface area contributed by atoms with Gasteiger partial charge in [-0.05, 0) is 26.8 Å². The Morgan fingerprint density at radius 3 is 2.17 bits per heavy atom. The first-order valence-electron chi connectivity index (χ1n) is 4.07. The molecular weight excluding hydrogens is 148 g/mol. The molecule has 0 aromatic heterocycles. The van der Waals surface area contributed by atoms with Gasteiger partial charge in [-0.25, -0.2) is 0 Å². The molecular formula is C10H18N2. The molecule has 0 amide bonds. The van der Waals surface area contributed by atoms with Crippen LogP contribution in [0, 0.1) is 0 Å². The van der Waals surface area contributed by atoms with Gasteiger partial charge in [-0.15, -0.1) is 0 Å². The minimum atomic E-state index is 1.29. The molecule has 0 heterocycles. The van der Waals surface area contributed by atoms with Crippen molar-refractivity contribution in [2.24, 2.45) is 0 Å². The summed E-state index contributed by atoms with van der Waals surface area (Å²) in [7, 11) is 1.86. The molecule has 12 heavy (non-hydrogen) atoms. The van der Waals surface area contributed by atoms with Gasteiger partial charge in [-0.3, -0.25) is 0 Å². The normalized spacial score (nSPS) is 10.7. The van der Waals surface area contributed by atoms with Crippen LogP contribution in [0.15, 0.2) is 35.8 Å². The highest BCUT2D eigenvalue weighted by Crippen LogP contribution is 2.01. The summed E-state index contributed by atoms with van der Waals surface area (Å²) >= 11 is 0. The van der Waals surface area contributed by atoms with Crippen LogP contribution in [0.2, 0.25) is 0 Å². The molecule has 0 aromatic rings. The first-order chi connectivity index (χ1) is 5.68. The Labute approximate surface area is 75.1 Å². The van der Waals surface area contributed by atoms with Gasteiger partial charge in [0.25, 0.3) is 0 Å². The maximum absolute atomic E-state index is 3.01. The van der Waals surface area contributed by atoms with E-state index < -0.39 is 0 Å². The summed E-state index contributed by atoms with van der Waals surface area (Å²) in [5.74, 6) is 0. The van der Waals surface area contributed by atoms with Gasteiger partial charge in [0.1, 0.15) is 0 Å². The zero-order valence-electron chi connectivity index (χ0n) is 8.31. The first kappa shape index (κ1) is 10.8. The van der Waals surface area contributed by atoms with Crippen molar-refractivity contribution in [2.45, 2.75) is 20.8 Å². The van der Waals surface area contributed by atoms with Crippen molar-refractivity contribution in [3.8, 4) is 0 Å². The lowest BCUT2D eigenvalue weighted by Gasteiger charge is -1.95. The van der Waals surface area contributed by atoms with Crippen molar-refractivity contribution < 1.29 is 0 Å². The average molecular weight is 166 g/mol. The van der Waals surface area contributed by atoms with E-state index in [0.717, 1.165) is 0 Å². The molecule has 0 fully saturated rings. The Balaban J connectivity index is 3.78. The number of hydrogen-bond donors (Lipinski definition) is 2. The van der Waals surface area contributed by atoms with E-state index in [1.807, 2.05) is 25.6 Å². The third kappa shape index (κ3) is 5.59. The summed E-state index contributed by atoms with van der Waals surface area (Å²) < 4.78 is 0. The van der Waals surface area contributed by atoms with E-state index in [2.05, 4.69) is 37.5 Å². The lowest BCUT2D eigenvalue weighted by Crippen LogP contribution is -1.98. The summed E-state index contributed by atoms with van der Waals surface area (Å²) in [6.07, 6.45) is 7.64. The topological polar surface area (TPSA) is 24.1 Å². The van der Waals surface area contributed by atoms with Gasteiger partial charge in [0, 0.05) is 25.6 Å². The molecule has 0 aliphatic heterocycles. The average Bonchev–Trinajstić information content (AvgIpc) is 2.03. The summed E-state index contributed by atoms with van der Waals surface area (Å²) in [6, 6.07) is 0. The maximum atomic E-state index is 3.01. The summed E-state index contributed by atoms with van der Waals surface area (Å²) in [6.45, 7) is 6.29. The molecule has 0 saturated carbocycles. The van der Waals surface area contributed by atoms with Gasteiger partial charge in [0.05, 0.1) is 0 Å². The SMILES string of the molecule is CN/C=C\N/C=C\C(C)=C(C)C. The van der Waals surface area contributed by atoms with Crippen molar-refractivity contribution in [3.05, 3.63) is 35.8 Å². The molecule has 0 saturated heterocycles. The predicted octanol–water partition coefficient (Wildman–Crippen LogP) is 2.14. The van der Waals surface area contributed by atoms with E-state index in [4.69, 9.17) is 0 Å². The molecule has 2 nitrogen and oxygen atoms in total. The van der Waals surface area contributed by atoms with E-state index in [1.165, 1.54) is 11.1 Å². The Hall–Kier alpha value is -1.18. The monoisotopic (exact) mass is 166 g/mol. The van der Waals surface area contributed by atoms with E-state index in [-0.39, 0.29) is 0 Å². The molecule has 2 heteroatoms. The van der Waals surface area contributed by atoms with Crippen LogP contribution < -0.4 is 10.6 Å². The van der Waals surface area contributed by atoms with E-state index >= 15 is 0 Å². The van der Waals surface area contributed by atoms with Crippen LogP contribution in [0.5, 0.6) is 0 Å². The van der Waals surface area contributed by atoms with Crippen LogP contribution in [0.1, 0.15) is 20.8 Å². The van der Waals surface area contributed by atoms with Crippen molar-refractivity contribution in [1.82, 2.24) is 10.6 Å². The van der Waals surface area contributed by atoms with E-state index in [0.29, 0.717) is 0 Å². The molecule has 0 bridgehead atoms. The minimum Gasteiger partial charge on any atom is -0.393 e. The van der Waals surface area contributed by atoms with Gasteiger partial charge < -0.3 is 10.6 Å². The highest BCUT2D eigenvalue weighted by atomic mass is 14.8. The molecule has 0 spiro atoms. The number of allylic oxidation sites excluding steroid dienone is 3. The summed E-state index contributed by atoms with van der Waals surface area (Å²) in [4.78, 5) is 0. The number of nitrogens with one attached hydrogen (secondary N) is 2. The van der Waals surface area contributed by atoms with Crippen LogP contribution in [0.25, 0.3) is 0 Å². The van der Waals surface area contributed by atoms with Crippen LogP contribution in [-0.4, -0.2) is 7.05 Å². The zero-order chi connectivity index (χ0) is 9.40. The van der Waals surface area contributed by atoms with Crippen molar-refractivity contribution in [3.63, 3.8) is 0 Å². The van der Waals surface area contributed by atoms with Crippen molar-refractivity contribution in [1.29, 1.82) is 0 Å².